The van der Waals surface area contributed by atoms with Crippen molar-refractivity contribution < 1.29 is 4.79 Å². The number of piperazine rings is 1. The summed E-state index contributed by atoms with van der Waals surface area (Å²) in [4.78, 5) is 24.0. The number of carbonyl (C=O) groups is 1. The SMILES string of the molecule is CCCCCNc1cc(N2CCN(C(C)=O)CC2)ncn1. The van der Waals surface area contributed by atoms with Gasteiger partial charge in [0.05, 0.1) is 0 Å². The monoisotopic (exact) mass is 291 g/mol. The molecule has 0 aromatic carbocycles. The Balaban J connectivity index is 1.87. The zero-order chi connectivity index (χ0) is 15.1. The highest BCUT2D eigenvalue weighted by atomic mass is 16.2. The summed E-state index contributed by atoms with van der Waals surface area (Å²) in [7, 11) is 0. The number of unbranched alkanes of at least 4 members (excludes halogenated alkanes) is 2. The Morgan fingerprint density at radius 2 is 2.00 bits per heavy atom. The van der Waals surface area contributed by atoms with E-state index >= 15 is 0 Å². The number of amides is 1. The summed E-state index contributed by atoms with van der Waals surface area (Å²) >= 11 is 0. The van der Waals surface area contributed by atoms with Gasteiger partial charge in [-0.15, -0.1) is 0 Å². The molecule has 0 radical (unpaired) electrons. The van der Waals surface area contributed by atoms with Crippen LogP contribution in [0.25, 0.3) is 0 Å². The molecule has 1 N–H and O–H groups in total. The van der Waals surface area contributed by atoms with Crippen molar-refractivity contribution >= 4 is 17.5 Å². The average Bonchev–Trinajstić information content (AvgIpc) is 2.52. The van der Waals surface area contributed by atoms with Crippen molar-refractivity contribution in [2.45, 2.75) is 33.1 Å². The van der Waals surface area contributed by atoms with Gasteiger partial charge in [0.1, 0.15) is 18.0 Å². The number of anilines is 2. The van der Waals surface area contributed by atoms with E-state index in [4.69, 9.17) is 0 Å². The van der Waals surface area contributed by atoms with Gasteiger partial charge in [-0.25, -0.2) is 9.97 Å². The first-order valence-corrected chi connectivity index (χ1v) is 7.77. The Morgan fingerprint density at radius 3 is 2.67 bits per heavy atom. The van der Waals surface area contributed by atoms with Gasteiger partial charge in [0.15, 0.2) is 0 Å². The van der Waals surface area contributed by atoms with E-state index in [9.17, 15) is 4.79 Å². The Labute approximate surface area is 126 Å². The molecule has 1 amide bonds. The quantitative estimate of drug-likeness (QED) is 0.809. The number of hydrogen-bond donors (Lipinski definition) is 1. The van der Waals surface area contributed by atoms with Crippen LogP contribution in [0, 0.1) is 0 Å². The smallest absolute Gasteiger partial charge is 0.219 e. The first kappa shape index (κ1) is 15.5. The molecule has 6 heteroatoms. The Bertz CT molecular complexity index is 457. The van der Waals surface area contributed by atoms with Gasteiger partial charge in [-0.3, -0.25) is 4.79 Å². The molecule has 1 saturated heterocycles. The van der Waals surface area contributed by atoms with Gasteiger partial charge in [0, 0.05) is 45.7 Å². The summed E-state index contributed by atoms with van der Waals surface area (Å²) < 4.78 is 0. The third-order valence-corrected chi connectivity index (χ3v) is 3.79. The van der Waals surface area contributed by atoms with Crippen LogP contribution in [0.5, 0.6) is 0 Å². The summed E-state index contributed by atoms with van der Waals surface area (Å²) in [6.07, 6.45) is 5.22. The van der Waals surface area contributed by atoms with Gasteiger partial charge in [-0.2, -0.15) is 0 Å². The molecule has 1 aliphatic heterocycles. The van der Waals surface area contributed by atoms with Gasteiger partial charge in [0.2, 0.25) is 5.91 Å². The molecule has 1 fully saturated rings. The lowest BCUT2D eigenvalue weighted by Crippen LogP contribution is -2.48. The largest absolute Gasteiger partial charge is 0.370 e. The second-order valence-corrected chi connectivity index (χ2v) is 5.39. The average molecular weight is 291 g/mol. The summed E-state index contributed by atoms with van der Waals surface area (Å²) in [5, 5.41) is 3.34. The molecule has 0 atom stereocenters. The Kier molecular flexibility index (Phi) is 5.78. The van der Waals surface area contributed by atoms with Crippen LogP contribution in [0.3, 0.4) is 0 Å². The summed E-state index contributed by atoms with van der Waals surface area (Å²) in [6, 6.07) is 2.00. The highest BCUT2D eigenvalue weighted by Crippen LogP contribution is 2.16. The fraction of sp³-hybridized carbons (Fsp3) is 0.667. The molecule has 1 aromatic rings. The van der Waals surface area contributed by atoms with Crippen molar-refractivity contribution in [3.8, 4) is 0 Å². The number of nitrogens with zero attached hydrogens (tertiary/aromatic N) is 4. The van der Waals surface area contributed by atoms with Crippen molar-refractivity contribution in [1.82, 2.24) is 14.9 Å². The molecule has 1 aromatic heterocycles. The van der Waals surface area contributed by atoms with Crippen LogP contribution < -0.4 is 10.2 Å². The molecule has 0 spiro atoms. The topological polar surface area (TPSA) is 61.4 Å². The molecular weight excluding hydrogens is 266 g/mol. The number of aromatic nitrogens is 2. The first-order chi connectivity index (χ1) is 10.2. The molecule has 2 heterocycles. The maximum absolute atomic E-state index is 11.3. The minimum absolute atomic E-state index is 0.149. The van der Waals surface area contributed by atoms with Crippen LogP contribution in [0.15, 0.2) is 12.4 Å². The van der Waals surface area contributed by atoms with Gasteiger partial charge in [-0.05, 0) is 6.42 Å². The molecule has 116 valence electrons. The molecule has 21 heavy (non-hydrogen) atoms. The zero-order valence-corrected chi connectivity index (χ0v) is 13.0. The van der Waals surface area contributed by atoms with E-state index in [1.807, 2.05) is 11.0 Å². The van der Waals surface area contributed by atoms with E-state index < -0.39 is 0 Å². The van der Waals surface area contributed by atoms with Crippen molar-refractivity contribution in [2.75, 3.05) is 42.9 Å². The van der Waals surface area contributed by atoms with Gasteiger partial charge < -0.3 is 15.1 Å². The second-order valence-electron chi connectivity index (χ2n) is 5.39. The maximum Gasteiger partial charge on any atom is 0.219 e. The lowest BCUT2D eigenvalue weighted by molar-refractivity contribution is -0.129. The van der Waals surface area contributed by atoms with Gasteiger partial charge >= 0.3 is 0 Å². The maximum atomic E-state index is 11.3. The van der Waals surface area contributed by atoms with Crippen LogP contribution in [0.2, 0.25) is 0 Å². The standard InChI is InChI=1S/C15H25N5O/c1-3-4-5-6-16-14-11-15(18-12-17-14)20-9-7-19(8-10-20)13(2)21/h11-12H,3-10H2,1-2H3,(H,16,17,18). The van der Waals surface area contributed by atoms with Crippen molar-refractivity contribution in [1.29, 1.82) is 0 Å². The van der Waals surface area contributed by atoms with Crippen LogP contribution in [0.1, 0.15) is 33.1 Å². The second kappa shape index (κ2) is 7.81. The Morgan fingerprint density at radius 1 is 1.24 bits per heavy atom. The lowest BCUT2D eigenvalue weighted by atomic mass is 10.2. The van der Waals surface area contributed by atoms with Crippen LogP contribution in [-0.4, -0.2) is 53.5 Å². The third kappa shape index (κ3) is 4.58. The summed E-state index contributed by atoms with van der Waals surface area (Å²) in [5.41, 5.74) is 0. The van der Waals surface area contributed by atoms with E-state index in [0.717, 1.165) is 50.8 Å². The number of hydrogen-bond acceptors (Lipinski definition) is 5. The minimum atomic E-state index is 0.149. The van der Waals surface area contributed by atoms with Crippen LogP contribution in [0.4, 0.5) is 11.6 Å². The molecule has 0 aliphatic carbocycles. The fourth-order valence-corrected chi connectivity index (χ4v) is 2.46. The van der Waals surface area contributed by atoms with Gasteiger partial charge in [0.25, 0.3) is 0 Å². The molecule has 0 unspecified atom stereocenters. The summed E-state index contributed by atoms with van der Waals surface area (Å²) in [6.45, 7) is 7.94. The molecule has 6 nitrogen and oxygen atoms in total. The number of carbonyl (C=O) groups excluding carboxylic acids is 1. The summed E-state index contributed by atoms with van der Waals surface area (Å²) in [5.74, 6) is 1.96. The fourth-order valence-electron chi connectivity index (χ4n) is 2.46. The molecule has 0 saturated carbocycles. The number of nitrogens with one attached hydrogen (secondary N) is 1. The van der Waals surface area contributed by atoms with Crippen molar-refractivity contribution in [3.63, 3.8) is 0 Å². The first-order valence-electron chi connectivity index (χ1n) is 7.77. The molecule has 0 bridgehead atoms. The molecule has 2 rings (SSSR count). The van der Waals surface area contributed by atoms with E-state index in [0.29, 0.717) is 0 Å². The predicted octanol–water partition coefficient (Wildman–Crippen LogP) is 1.75. The van der Waals surface area contributed by atoms with E-state index in [-0.39, 0.29) is 5.91 Å². The highest BCUT2D eigenvalue weighted by molar-refractivity contribution is 5.73. The van der Waals surface area contributed by atoms with E-state index in [1.54, 1.807) is 13.3 Å². The zero-order valence-electron chi connectivity index (χ0n) is 13.0. The normalized spacial score (nSPS) is 15.1. The molecular formula is C15H25N5O. The van der Waals surface area contributed by atoms with Crippen LogP contribution in [-0.2, 0) is 4.79 Å². The van der Waals surface area contributed by atoms with Gasteiger partial charge in [-0.1, -0.05) is 19.8 Å². The van der Waals surface area contributed by atoms with Crippen molar-refractivity contribution in [3.05, 3.63) is 12.4 Å². The van der Waals surface area contributed by atoms with Crippen molar-refractivity contribution in [2.24, 2.45) is 0 Å². The van der Waals surface area contributed by atoms with Crippen LogP contribution >= 0.6 is 0 Å². The lowest BCUT2D eigenvalue weighted by Gasteiger charge is -2.34. The number of rotatable bonds is 6. The van der Waals surface area contributed by atoms with E-state index in [1.165, 1.54) is 12.8 Å². The Hall–Kier alpha value is -1.85. The predicted molar refractivity (Wildman–Crippen MR) is 84.5 cm³/mol. The molecule has 1 aliphatic rings. The third-order valence-electron chi connectivity index (χ3n) is 3.79. The highest BCUT2D eigenvalue weighted by Gasteiger charge is 2.19. The van der Waals surface area contributed by atoms with E-state index in [2.05, 4.69) is 27.1 Å². The minimum Gasteiger partial charge on any atom is -0.370 e.